The van der Waals surface area contributed by atoms with Gasteiger partial charge < -0.3 is 15.9 Å². The zero-order chi connectivity index (χ0) is 9.42. The number of hydrogen-bond donors (Lipinski definition) is 3. The Morgan fingerprint density at radius 1 is 1.46 bits per heavy atom. The Kier molecular flexibility index (Phi) is 1.98. The molecule has 0 saturated heterocycles. The van der Waals surface area contributed by atoms with Crippen molar-refractivity contribution in [2.24, 2.45) is 5.73 Å². The SMILES string of the molecule is NC1CCc2ccc(CO)c(O)c21. The van der Waals surface area contributed by atoms with Gasteiger partial charge in [0.05, 0.1) is 6.61 Å². The van der Waals surface area contributed by atoms with Crippen LogP contribution in [0.4, 0.5) is 0 Å². The van der Waals surface area contributed by atoms with Gasteiger partial charge in [0.15, 0.2) is 0 Å². The summed E-state index contributed by atoms with van der Waals surface area (Å²) < 4.78 is 0. The van der Waals surface area contributed by atoms with Crippen molar-refractivity contribution in [3.63, 3.8) is 0 Å². The molecule has 0 aromatic heterocycles. The van der Waals surface area contributed by atoms with E-state index in [9.17, 15) is 5.11 Å². The summed E-state index contributed by atoms with van der Waals surface area (Å²) in [5.41, 5.74) is 8.33. The van der Waals surface area contributed by atoms with E-state index in [2.05, 4.69) is 0 Å². The van der Waals surface area contributed by atoms with E-state index in [1.165, 1.54) is 0 Å². The first-order valence-corrected chi connectivity index (χ1v) is 4.44. The number of hydrogen-bond acceptors (Lipinski definition) is 3. The molecule has 0 bridgehead atoms. The molecule has 13 heavy (non-hydrogen) atoms. The third kappa shape index (κ3) is 1.20. The number of aromatic hydroxyl groups is 1. The zero-order valence-corrected chi connectivity index (χ0v) is 7.33. The van der Waals surface area contributed by atoms with E-state index in [1.54, 1.807) is 6.07 Å². The van der Waals surface area contributed by atoms with Crippen molar-refractivity contribution in [1.82, 2.24) is 0 Å². The van der Waals surface area contributed by atoms with Gasteiger partial charge in [0.2, 0.25) is 0 Å². The molecule has 1 unspecified atom stereocenters. The largest absolute Gasteiger partial charge is 0.507 e. The average Bonchev–Trinajstić information content (AvgIpc) is 2.49. The number of benzene rings is 1. The van der Waals surface area contributed by atoms with E-state index in [-0.39, 0.29) is 18.4 Å². The predicted molar refractivity (Wildman–Crippen MR) is 49.3 cm³/mol. The Morgan fingerprint density at radius 2 is 2.23 bits per heavy atom. The monoisotopic (exact) mass is 179 g/mol. The fourth-order valence-corrected chi connectivity index (χ4v) is 1.91. The van der Waals surface area contributed by atoms with Gasteiger partial charge in [-0.1, -0.05) is 12.1 Å². The highest BCUT2D eigenvalue weighted by Gasteiger charge is 2.23. The third-order valence-corrected chi connectivity index (χ3v) is 2.66. The lowest BCUT2D eigenvalue weighted by atomic mass is 10.0. The Bertz CT molecular complexity index is 336. The summed E-state index contributed by atoms with van der Waals surface area (Å²) in [6.07, 6.45) is 1.81. The maximum absolute atomic E-state index is 9.74. The number of rotatable bonds is 1. The molecule has 3 heteroatoms. The summed E-state index contributed by atoms with van der Waals surface area (Å²) in [5, 5.41) is 18.7. The molecule has 0 heterocycles. The Balaban J connectivity index is 2.56. The number of phenols is 1. The number of nitrogens with two attached hydrogens (primary N) is 1. The predicted octanol–water partition coefficient (Wildman–Crippen LogP) is 0.831. The van der Waals surface area contributed by atoms with Crippen LogP contribution in [-0.2, 0) is 13.0 Å². The standard InChI is InChI=1S/C10H13NO2/c11-8-4-3-6-1-2-7(5-12)10(13)9(6)8/h1-2,8,12-13H,3-5,11H2. The molecule has 1 aromatic rings. The summed E-state index contributed by atoms with van der Waals surface area (Å²) in [4.78, 5) is 0. The fraction of sp³-hybridized carbons (Fsp3) is 0.400. The Hall–Kier alpha value is -1.06. The fourth-order valence-electron chi connectivity index (χ4n) is 1.91. The average molecular weight is 179 g/mol. The third-order valence-electron chi connectivity index (χ3n) is 2.66. The highest BCUT2D eigenvalue weighted by atomic mass is 16.3. The lowest BCUT2D eigenvalue weighted by molar-refractivity contribution is 0.275. The van der Waals surface area contributed by atoms with E-state index >= 15 is 0 Å². The van der Waals surface area contributed by atoms with Crippen LogP contribution < -0.4 is 5.73 Å². The number of aliphatic hydroxyl groups excluding tert-OH is 1. The molecule has 1 atom stereocenters. The minimum absolute atomic E-state index is 0.0681. The van der Waals surface area contributed by atoms with Crippen molar-refractivity contribution in [3.05, 3.63) is 28.8 Å². The van der Waals surface area contributed by atoms with E-state index < -0.39 is 0 Å². The molecule has 0 aliphatic heterocycles. The highest BCUT2D eigenvalue weighted by Crippen LogP contribution is 2.37. The Morgan fingerprint density at radius 3 is 2.92 bits per heavy atom. The van der Waals surface area contributed by atoms with Crippen molar-refractivity contribution in [1.29, 1.82) is 0 Å². The molecule has 2 rings (SSSR count). The van der Waals surface area contributed by atoms with E-state index in [1.807, 2.05) is 6.07 Å². The van der Waals surface area contributed by atoms with Crippen LogP contribution in [-0.4, -0.2) is 10.2 Å². The van der Waals surface area contributed by atoms with Crippen molar-refractivity contribution < 1.29 is 10.2 Å². The summed E-state index contributed by atoms with van der Waals surface area (Å²) in [5.74, 6) is 0.185. The molecular weight excluding hydrogens is 166 g/mol. The van der Waals surface area contributed by atoms with Crippen molar-refractivity contribution in [2.75, 3.05) is 0 Å². The second kappa shape index (κ2) is 3.01. The van der Waals surface area contributed by atoms with Crippen LogP contribution in [0.15, 0.2) is 12.1 Å². The van der Waals surface area contributed by atoms with Crippen molar-refractivity contribution in [2.45, 2.75) is 25.5 Å². The second-order valence-corrected chi connectivity index (χ2v) is 3.45. The van der Waals surface area contributed by atoms with Crippen molar-refractivity contribution >= 4 is 0 Å². The van der Waals surface area contributed by atoms with Gasteiger partial charge in [-0.2, -0.15) is 0 Å². The van der Waals surface area contributed by atoms with Gasteiger partial charge in [-0.25, -0.2) is 0 Å². The minimum Gasteiger partial charge on any atom is -0.507 e. The molecule has 4 N–H and O–H groups in total. The summed E-state index contributed by atoms with van der Waals surface area (Å²) >= 11 is 0. The molecular formula is C10H13NO2. The van der Waals surface area contributed by atoms with Crippen LogP contribution in [0.2, 0.25) is 0 Å². The number of fused-ring (bicyclic) bond motifs is 1. The second-order valence-electron chi connectivity index (χ2n) is 3.45. The van der Waals surface area contributed by atoms with Gasteiger partial charge in [0, 0.05) is 17.2 Å². The summed E-state index contributed by atoms with van der Waals surface area (Å²) in [7, 11) is 0. The molecule has 0 amide bonds. The lowest BCUT2D eigenvalue weighted by Gasteiger charge is -2.10. The summed E-state index contributed by atoms with van der Waals surface area (Å²) in [6.45, 7) is -0.133. The van der Waals surface area contributed by atoms with Crippen LogP contribution in [0.1, 0.15) is 29.2 Å². The lowest BCUT2D eigenvalue weighted by Crippen LogP contribution is -2.06. The topological polar surface area (TPSA) is 66.5 Å². The molecule has 3 nitrogen and oxygen atoms in total. The van der Waals surface area contributed by atoms with Gasteiger partial charge in [-0.3, -0.25) is 0 Å². The van der Waals surface area contributed by atoms with Crippen molar-refractivity contribution in [3.8, 4) is 5.75 Å². The zero-order valence-electron chi connectivity index (χ0n) is 7.33. The van der Waals surface area contributed by atoms with Gasteiger partial charge in [0.25, 0.3) is 0 Å². The van der Waals surface area contributed by atoms with Crippen LogP contribution in [0.3, 0.4) is 0 Å². The van der Waals surface area contributed by atoms with Gasteiger partial charge >= 0.3 is 0 Å². The molecule has 70 valence electrons. The van der Waals surface area contributed by atoms with Crippen LogP contribution in [0.5, 0.6) is 5.75 Å². The summed E-state index contributed by atoms with van der Waals surface area (Å²) in [6, 6.07) is 3.63. The first-order valence-electron chi connectivity index (χ1n) is 4.44. The smallest absolute Gasteiger partial charge is 0.126 e. The molecule has 0 radical (unpaired) electrons. The number of aliphatic hydroxyl groups is 1. The molecule has 1 aliphatic rings. The molecule has 1 aliphatic carbocycles. The van der Waals surface area contributed by atoms with Gasteiger partial charge in [-0.05, 0) is 18.4 Å². The van der Waals surface area contributed by atoms with E-state index in [0.717, 1.165) is 24.0 Å². The molecule has 0 fully saturated rings. The van der Waals surface area contributed by atoms with Crippen LogP contribution >= 0.6 is 0 Å². The quantitative estimate of drug-likeness (QED) is 0.598. The maximum Gasteiger partial charge on any atom is 0.126 e. The Labute approximate surface area is 76.8 Å². The minimum atomic E-state index is -0.133. The first-order chi connectivity index (χ1) is 6.24. The van der Waals surface area contributed by atoms with Gasteiger partial charge in [0.1, 0.15) is 5.75 Å². The van der Waals surface area contributed by atoms with E-state index in [0.29, 0.717) is 5.56 Å². The molecule has 0 spiro atoms. The molecule has 1 aromatic carbocycles. The molecule has 0 saturated carbocycles. The van der Waals surface area contributed by atoms with Crippen LogP contribution in [0, 0.1) is 0 Å². The highest BCUT2D eigenvalue weighted by molar-refractivity contribution is 5.49. The normalized spacial score (nSPS) is 20.3. The maximum atomic E-state index is 9.74. The van der Waals surface area contributed by atoms with E-state index in [4.69, 9.17) is 10.8 Å². The number of aryl methyl sites for hydroxylation is 1. The van der Waals surface area contributed by atoms with Gasteiger partial charge in [-0.15, -0.1) is 0 Å². The van der Waals surface area contributed by atoms with Crippen LogP contribution in [0.25, 0.3) is 0 Å². The first kappa shape index (κ1) is 8.53.